The number of nitrogens with zero attached hydrogens (tertiary/aromatic N) is 5. The minimum absolute atomic E-state index is 0.0530. The zero-order chi connectivity index (χ0) is 30.0. The maximum absolute atomic E-state index is 13.8. The third-order valence-corrected chi connectivity index (χ3v) is 8.25. The predicted octanol–water partition coefficient (Wildman–Crippen LogP) is 1.82. The number of amides is 3. The summed E-state index contributed by atoms with van der Waals surface area (Å²) in [6, 6.07) is 8.86. The van der Waals surface area contributed by atoms with E-state index < -0.39 is 18.1 Å². The monoisotopic (exact) mass is 576 g/mol. The zero-order valence-corrected chi connectivity index (χ0v) is 24.8. The van der Waals surface area contributed by atoms with Crippen LogP contribution in [0.3, 0.4) is 0 Å². The van der Waals surface area contributed by atoms with E-state index in [1.54, 1.807) is 34.2 Å². The number of nitrogens with one attached hydrogen (secondary N) is 1. The molecule has 11 nitrogen and oxygen atoms in total. The first-order valence-electron chi connectivity index (χ1n) is 14.6. The average Bonchev–Trinajstić information content (AvgIpc) is 3.57. The Morgan fingerprint density at radius 2 is 1.69 bits per heavy atom. The Morgan fingerprint density at radius 1 is 1.00 bits per heavy atom. The SMILES string of the molecule is CC(C)C[C@H](NC(=O)c1ccc(N(C)C)cc1)C(=O)N1CCC2[C@H]1C(=O)CN2C(=O)c1ccc(N2CCOCC2)nc1. The van der Waals surface area contributed by atoms with Crippen molar-refractivity contribution in [2.45, 2.75) is 44.8 Å². The van der Waals surface area contributed by atoms with Crippen LogP contribution in [0.1, 0.15) is 47.4 Å². The largest absolute Gasteiger partial charge is 0.378 e. The van der Waals surface area contributed by atoms with E-state index in [1.807, 2.05) is 51.0 Å². The van der Waals surface area contributed by atoms with Crippen LogP contribution in [0.4, 0.5) is 11.5 Å². The summed E-state index contributed by atoms with van der Waals surface area (Å²) in [5.74, 6) is -0.120. The summed E-state index contributed by atoms with van der Waals surface area (Å²) in [4.78, 5) is 65.4. The number of ether oxygens (including phenoxy) is 1. The van der Waals surface area contributed by atoms with Crippen LogP contribution < -0.4 is 15.1 Å². The number of benzene rings is 1. The Bertz CT molecular complexity index is 1310. The highest BCUT2D eigenvalue weighted by Gasteiger charge is 2.52. The summed E-state index contributed by atoms with van der Waals surface area (Å²) in [6.07, 6.45) is 2.50. The molecule has 1 aromatic heterocycles. The molecule has 4 heterocycles. The first kappa shape index (κ1) is 29.5. The molecule has 11 heteroatoms. The molecule has 2 aromatic rings. The second kappa shape index (κ2) is 12.5. The third kappa shape index (κ3) is 6.11. The van der Waals surface area contributed by atoms with E-state index in [4.69, 9.17) is 4.74 Å². The van der Waals surface area contributed by atoms with Crippen LogP contribution in [0.15, 0.2) is 42.6 Å². The fraction of sp³-hybridized carbons (Fsp3) is 0.516. The molecule has 3 saturated heterocycles. The van der Waals surface area contributed by atoms with E-state index in [2.05, 4.69) is 15.2 Å². The van der Waals surface area contributed by atoms with E-state index in [0.717, 1.165) is 24.6 Å². The number of ketones is 1. The lowest BCUT2D eigenvalue weighted by Gasteiger charge is -2.29. The Hall–Kier alpha value is -3.99. The van der Waals surface area contributed by atoms with Crippen LogP contribution >= 0.6 is 0 Å². The minimum atomic E-state index is -0.778. The fourth-order valence-corrected chi connectivity index (χ4v) is 6.04. The molecule has 3 atom stereocenters. The van der Waals surface area contributed by atoms with Gasteiger partial charge in [-0.3, -0.25) is 19.2 Å². The van der Waals surface area contributed by atoms with E-state index in [-0.39, 0.29) is 36.0 Å². The number of likely N-dealkylation sites (tertiary alicyclic amines) is 2. The van der Waals surface area contributed by atoms with Crippen LogP contribution in [-0.2, 0) is 14.3 Å². The molecule has 224 valence electrons. The van der Waals surface area contributed by atoms with Crippen LogP contribution in [0.5, 0.6) is 0 Å². The van der Waals surface area contributed by atoms with Gasteiger partial charge in [0, 0.05) is 51.2 Å². The number of morpholine rings is 1. The summed E-state index contributed by atoms with van der Waals surface area (Å²) in [5.41, 5.74) is 1.84. The fourth-order valence-electron chi connectivity index (χ4n) is 6.04. The Labute approximate surface area is 246 Å². The number of hydrogen-bond acceptors (Lipinski definition) is 8. The summed E-state index contributed by atoms with van der Waals surface area (Å²) >= 11 is 0. The minimum Gasteiger partial charge on any atom is -0.378 e. The maximum atomic E-state index is 13.8. The van der Waals surface area contributed by atoms with Gasteiger partial charge in [0.25, 0.3) is 11.8 Å². The lowest BCUT2D eigenvalue weighted by atomic mass is 10.0. The van der Waals surface area contributed by atoms with Crippen molar-refractivity contribution in [1.29, 1.82) is 0 Å². The van der Waals surface area contributed by atoms with Gasteiger partial charge in [-0.25, -0.2) is 4.98 Å². The van der Waals surface area contributed by atoms with Gasteiger partial charge in [-0.05, 0) is 55.2 Å². The molecule has 3 aliphatic heterocycles. The van der Waals surface area contributed by atoms with Crippen molar-refractivity contribution < 1.29 is 23.9 Å². The molecular formula is C31H40N6O5. The smallest absolute Gasteiger partial charge is 0.256 e. The molecule has 42 heavy (non-hydrogen) atoms. The van der Waals surface area contributed by atoms with Gasteiger partial charge in [-0.2, -0.15) is 0 Å². The van der Waals surface area contributed by atoms with Crippen molar-refractivity contribution in [3.05, 3.63) is 53.7 Å². The number of fused-ring (bicyclic) bond motifs is 1. The van der Waals surface area contributed by atoms with Gasteiger partial charge in [-0.15, -0.1) is 0 Å². The van der Waals surface area contributed by atoms with Crippen molar-refractivity contribution in [1.82, 2.24) is 20.1 Å². The number of Topliss-reactive ketones (excluding diaryl/α,β-unsaturated/α-hetero) is 1. The van der Waals surface area contributed by atoms with Gasteiger partial charge >= 0.3 is 0 Å². The molecule has 3 aliphatic rings. The normalized spacial score (nSPS) is 21.0. The van der Waals surface area contributed by atoms with Gasteiger partial charge in [0.15, 0.2) is 5.78 Å². The number of carbonyl (C=O) groups excluding carboxylic acids is 4. The van der Waals surface area contributed by atoms with E-state index in [1.165, 1.54) is 0 Å². The molecule has 1 aromatic carbocycles. The molecule has 5 rings (SSSR count). The standard InChI is InChI=1S/C31H40N6O5/c1-20(2)17-24(33-29(39)21-5-8-23(9-6-21)34(3)4)31(41)36-12-11-25-28(36)26(38)19-37(25)30(40)22-7-10-27(32-18-22)35-13-15-42-16-14-35/h5-10,18,20,24-25,28H,11-17,19H2,1-4H3,(H,33,39)/t24-,25?,28-/m0/s1. The first-order valence-corrected chi connectivity index (χ1v) is 14.6. The van der Waals surface area contributed by atoms with Crippen molar-refractivity contribution in [2.75, 3.05) is 63.3 Å². The topological polar surface area (TPSA) is 115 Å². The molecule has 0 radical (unpaired) electrons. The predicted molar refractivity (Wildman–Crippen MR) is 159 cm³/mol. The lowest BCUT2D eigenvalue weighted by Crippen LogP contribution is -2.53. The maximum Gasteiger partial charge on any atom is 0.256 e. The van der Waals surface area contributed by atoms with Crippen molar-refractivity contribution in [3.8, 4) is 0 Å². The van der Waals surface area contributed by atoms with Gasteiger partial charge in [-0.1, -0.05) is 13.8 Å². The van der Waals surface area contributed by atoms with E-state index in [0.29, 0.717) is 43.7 Å². The highest BCUT2D eigenvalue weighted by atomic mass is 16.5. The molecule has 1 N–H and O–H groups in total. The highest BCUT2D eigenvalue weighted by Crippen LogP contribution is 2.32. The van der Waals surface area contributed by atoms with Gasteiger partial charge in [0.1, 0.15) is 17.9 Å². The van der Waals surface area contributed by atoms with E-state index >= 15 is 0 Å². The van der Waals surface area contributed by atoms with E-state index in [9.17, 15) is 19.2 Å². The van der Waals surface area contributed by atoms with Crippen LogP contribution in [0.25, 0.3) is 0 Å². The lowest BCUT2D eigenvalue weighted by molar-refractivity contribution is -0.138. The first-order chi connectivity index (χ1) is 20.1. The van der Waals surface area contributed by atoms with Crippen molar-refractivity contribution >= 4 is 35.0 Å². The number of hydrogen-bond donors (Lipinski definition) is 1. The van der Waals surface area contributed by atoms with Crippen LogP contribution in [0.2, 0.25) is 0 Å². The molecule has 1 unspecified atom stereocenters. The number of carbonyl (C=O) groups is 4. The Balaban J connectivity index is 1.27. The molecule has 0 saturated carbocycles. The molecule has 0 spiro atoms. The number of rotatable bonds is 8. The Morgan fingerprint density at radius 3 is 2.31 bits per heavy atom. The molecule has 3 amide bonds. The van der Waals surface area contributed by atoms with Crippen molar-refractivity contribution in [2.24, 2.45) is 5.92 Å². The molecular weight excluding hydrogens is 536 g/mol. The second-order valence-corrected chi connectivity index (χ2v) is 11.8. The average molecular weight is 577 g/mol. The number of anilines is 2. The summed E-state index contributed by atoms with van der Waals surface area (Å²) in [7, 11) is 3.85. The highest BCUT2D eigenvalue weighted by molar-refractivity contribution is 6.03. The summed E-state index contributed by atoms with van der Waals surface area (Å²) in [6.45, 7) is 7.05. The zero-order valence-electron chi connectivity index (χ0n) is 24.8. The summed E-state index contributed by atoms with van der Waals surface area (Å²) in [5, 5.41) is 2.92. The van der Waals surface area contributed by atoms with Crippen LogP contribution in [-0.4, -0.2) is 110 Å². The second-order valence-electron chi connectivity index (χ2n) is 11.8. The van der Waals surface area contributed by atoms with Crippen molar-refractivity contribution in [3.63, 3.8) is 0 Å². The van der Waals surface area contributed by atoms with Crippen LogP contribution in [0, 0.1) is 5.92 Å². The summed E-state index contributed by atoms with van der Waals surface area (Å²) < 4.78 is 5.40. The van der Waals surface area contributed by atoms with Gasteiger partial charge in [0.2, 0.25) is 5.91 Å². The molecule has 0 bridgehead atoms. The Kier molecular flexibility index (Phi) is 8.77. The van der Waals surface area contributed by atoms with Gasteiger partial charge in [0.05, 0.1) is 31.4 Å². The van der Waals surface area contributed by atoms with Gasteiger partial charge < -0.3 is 29.7 Å². The molecule has 3 fully saturated rings. The molecule has 0 aliphatic carbocycles. The number of aromatic nitrogens is 1. The third-order valence-electron chi connectivity index (χ3n) is 8.25. The quantitative estimate of drug-likeness (QED) is 0.506. The number of pyridine rings is 1.